The molecule has 1 aliphatic carbocycles. The van der Waals surface area contributed by atoms with Crippen molar-refractivity contribution in [2.24, 2.45) is 5.92 Å². The number of hydrogen-bond acceptors (Lipinski definition) is 8. The highest BCUT2D eigenvalue weighted by Crippen LogP contribution is 2.55. The van der Waals surface area contributed by atoms with Crippen LogP contribution in [-0.2, 0) is 19.5 Å². The van der Waals surface area contributed by atoms with Gasteiger partial charge in [-0.15, -0.1) is 0 Å². The Hall–Kier alpha value is -3.44. The van der Waals surface area contributed by atoms with Gasteiger partial charge in [-0.05, 0) is 60.2 Å². The van der Waals surface area contributed by atoms with Crippen LogP contribution in [0.2, 0.25) is 0 Å². The summed E-state index contributed by atoms with van der Waals surface area (Å²) < 4.78 is 57.5. The summed E-state index contributed by atoms with van der Waals surface area (Å²) in [5.74, 6) is -0.956. The average molecular weight is 506 g/mol. The Labute approximate surface area is 201 Å². The zero-order valence-corrected chi connectivity index (χ0v) is 20.1. The number of esters is 1. The van der Waals surface area contributed by atoms with Crippen LogP contribution in [0.25, 0.3) is 6.08 Å². The van der Waals surface area contributed by atoms with E-state index in [0.29, 0.717) is 22.4 Å². The van der Waals surface area contributed by atoms with Gasteiger partial charge in [-0.2, -0.15) is 4.31 Å². The number of carbonyl (C=O) groups excluding carboxylic acids is 2. The molecule has 35 heavy (non-hydrogen) atoms. The summed E-state index contributed by atoms with van der Waals surface area (Å²) in [6, 6.07) is 5.85. The summed E-state index contributed by atoms with van der Waals surface area (Å²) >= 11 is 0. The number of aliphatic hydroxyl groups is 1. The predicted molar refractivity (Wildman–Crippen MR) is 123 cm³/mol. The molecule has 186 valence electrons. The first-order chi connectivity index (χ1) is 16.6. The van der Waals surface area contributed by atoms with Crippen molar-refractivity contribution in [3.8, 4) is 5.75 Å². The number of rotatable bonds is 6. The molecule has 2 aromatic carbocycles. The van der Waals surface area contributed by atoms with Gasteiger partial charge in [0.2, 0.25) is 0 Å². The molecule has 9 nitrogen and oxygen atoms in total. The Morgan fingerprint density at radius 1 is 1.23 bits per heavy atom. The second-order valence-corrected chi connectivity index (χ2v) is 10.1. The number of sulfonamides is 1. The normalized spacial score (nSPS) is 18.6. The maximum Gasteiger partial charge on any atom is 0.428 e. The van der Waals surface area contributed by atoms with Gasteiger partial charge in [0.25, 0.3) is 10.0 Å². The SMILES string of the molecule is COC(=O)c1c(N(C(=O)OC)S(=O)(=O)c2ccc(F)cc2/C=C(/C)CO)ccc2c1OCC1CC21. The smallest absolute Gasteiger partial charge is 0.428 e. The third-order valence-corrected chi connectivity index (χ3v) is 7.77. The second-order valence-electron chi connectivity index (χ2n) is 8.35. The first-order valence-corrected chi connectivity index (χ1v) is 12.2. The number of carbonyl (C=O) groups is 2. The highest BCUT2D eigenvalue weighted by molar-refractivity contribution is 7.93. The lowest BCUT2D eigenvalue weighted by atomic mass is 10.00. The van der Waals surface area contributed by atoms with E-state index >= 15 is 0 Å². The maximum absolute atomic E-state index is 14.0. The number of methoxy groups -OCH3 is 2. The number of anilines is 1. The van der Waals surface area contributed by atoms with E-state index in [1.165, 1.54) is 19.1 Å². The van der Waals surface area contributed by atoms with E-state index in [9.17, 15) is 27.5 Å². The van der Waals surface area contributed by atoms with E-state index in [-0.39, 0.29) is 28.5 Å². The summed E-state index contributed by atoms with van der Waals surface area (Å²) in [4.78, 5) is 25.3. The van der Waals surface area contributed by atoms with Crippen molar-refractivity contribution >= 4 is 33.8 Å². The van der Waals surface area contributed by atoms with E-state index in [2.05, 4.69) is 0 Å². The average Bonchev–Trinajstić information content (AvgIpc) is 3.63. The Morgan fingerprint density at radius 2 is 1.97 bits per heavy atom. The van der Waals surface area contributed by atoms with Crippen LogP contribution < -0.4 is 9.04 Å². The molecule has 4 rings (SSSR count). The lowest BCUT2D eigenvalue weighted by Gasteiger charge is -2.27. The predicted octanol–water partition coefficient (Wildman–Crippen LogP) is 3.47. The molecule has 0 saturated heterocycles. The molecule has 2 aliphatic rings. The highest BCUT2D eigenvalue weighted by Gasteiger charge is 2.47. The Bertz CT molecular complexity index is 1340. The van der Waals surface area contributed by atoms with E-state index in [4.69, 9.17) is 14.2 Å². The van der Waals surface area contributed by atoms with Crippen LogP contribution in [-0.4, -0.2) is 53.0 Å². The van der Waals surface area contributed by atoms with Gasteiger partial charge in [0.15, 0.2) is 0 Å². The van der Waals surface area contributed by atoms with Crippen LogP contribution in [0.4, 0.5) is 14.9 Å². The molecule has 0 aromatic heterocycles. The van der Waals surface area contributed by atoms with E-state index in [1.54, 1.807) is 6.07 Å². The van der Waals surface area contributed by atoms with Gasteiger partial charge in [-0.25, -0.2) is 22.4 Å². The summed E-state index contributed by atoms with van der Waals surface area (Å²) in [5.41, 5.74) is 0.444. The molecule has 0 radical (unpaired) electrons. The minimum absolute atomic E-state index is 0.0971. The second kappa shape index (κ2) is 9.31. The molecular formula is C24H24FNO8S. The fourth-order valence-corrected chi connectivity index (χ4v) is 5.73. The molecule has 11 heteroatoms. The molecule has 1 heterocycles. The molecule has 1 N–H and O–H groups in total. The zero-order chi connectivity index (χ0) is 25.5. The Kier molecular flexibility index (Phi) is 6.56. The molecule has 1 aliphatic heterocycles. The van der Waals surface area contributed by atoms with Gasteiger partial charge in [-0.3, -0.25) is 0 Å². The van der Waals surface area contributed by atoms with E-state index < -0.39 is 39.4 Å². The first kappa shape index (κ1) is 24.7. The van der Waals surface area contributed by atoms with E-state index in [0.717, 1.165) is 44.4 Å². The number of halogens is 1. The summed E-state index contributed by atoms with van der Waals surface area (Å²) in [6.45, 7) is 1.48. The topological polar surface area (TPSA) is 119 Å². The molecule has 1 fully saturated rings. The van der Waals surface area contributed by atoms with Crippen molar-refractivity contribution in [3.05, 3.63) is 58.4 Å². The van der Waals surface area contributed by atoms with Crippen LogP contribution >= 0.6 is 0 Å². The molecule has 2 atom stereocenters. The van der Waals surface area contributed by atoms with Crippen molar-refractivity contribution in [2.45, 2.75) is 24.2 Å². The van der Waals surface area contributed by atoms with Crippen molar-refractivity contribution in [1.82, 2.24) is 0 Å². The number of benzene rings is 2. The number of nitrogens with zero attached hydrogens (tertiary/aromatic N) is 1. The summed E-state index contributed by atoms with van der Waals surface area (Å²) in [5, 5.41) is 9.37. The fraction of sp³-hybridized carbons (Fsp3) is 0.333. The van der Waals surface area contributed by atoms with Crippen LogP contribution in [0.1, 0.15) is 40.7 Å². The van der Waals surface area contributed by atoms with Gasteiger partial charge in [-0.1, -0.05) is 12.1 Å². The van der Waals surface area contributed by atoms with Crippen molar-refractivity contribution in [1.29, 1.82) is 0 Å². The number of amides is 1. The molecule has 2 unspecified atom stereocenters. The zero-order valence-electron chi connectivity index (χ0n) is 19.3. The first-order valence-electron chi connectivity index (χ1n) is 10.7. The van der Waals surface area contributed by atoms with Crippen molar-refractivity contribution < 1.29 is 41.7 Å². The van der Waals surface area contributed by atoms with Gasteiger partial charge in [0, 0.05) is 5.92 Å². The van der Waals surface area contributed by atoms with Crippen molar-refractivity contribution in [3.63, 3.8) is 0 Å². The molecule has 1 saturated carbocycles. The van der Waals surface area contributed by atoms with Gasteiger partial charge in [0.1, 0.15) is 17.1 Å². The lowest BCUT2D eigenvalue weighted by molar-refractivity contribution is 0.0596. The Balaban J connectivity index is 1.96. The van der Waals surface area contributed by atoms with Crippen LogP contribution in [0.3, 0.4) is 0 Å². The standard InChI is InChI=1S/C24H24FNO8S/c1-13(11-27)8-14-9-16(25)4-7-20(14)35(30,31)26(24(29)33-3)19-6-5-17-18-10-15(18)12-34-22(17)21(19)23(28)32-2/h4-9,15,18,27H,10-12H2,1-3H3/b13-8-. The largest absolute Gasteiger partial charge is 0.492 e. The lowest BCUT2D eigenvalue weighted by Crippen LogP contribution is -2.38. The van der Waals surface area contributed by atoms with Gasteiger partial charge in [0.05, 0.1) is 38.0 Å². The molecule has 1 amide bonds. The molecule has 0 bridgehead atoms. The fourth-order valence-electron chi connectivity index (χ4n) is 4.19. The molecule has 0 spiro atoms. The minimum Gasteiger partial charge on any atom is -0.492 e. The summed E-state index contributed by atoms with van der Waals surface area (Å²) in [6.07, 6.45) is 0.866. The van der Waals surface area contributed by atoms with Gasteiger partial charge >= 0.3 is 12.1 Å². The number of aliphatic hydroxyl groups excluding tert-OH is 1. The van der Waals surface area contributed by atoms with Gasteiger partial charge < -0.3 is 19.3 Å². The third-order valence-electron chi connectivity index (χ3n) is 6.02. The highest BCUT2D eigenvalue weighted by atomic mass is 32.2. The van der Waals surface area contributed by atoms with Crippen LogP contribution in [0.15, 0.2) is 40.8 Å². The number of fused-ring (bicyclic) bond motifs is 3. The third kappa shape index (κ3) is 4.37. The van der Waals surface area contributed by atoms with Crippen molar-refractivity contribution in [2.75, 3.05) is 31.7 Å². The molecule has 2 aromatic rings. The number of ether oxygens (including phenoxy) is 3. The quantitative estimate of drug-likeness (QED) is 0.593. The monoisotopic (exact) mass is 505 g/mol. The van der Waals surface area contributed by atoms with Crippen LogP contribution in [0, 0.1) is 11.7 Å². The molecular weight excluding hydrogens is 481 g/mol. The maximum atomic E-state index is 14.0. The summed E-state index contributed by atoms with van der Waals surface area (Å²) in [7, 11) is -2.63. The van der Waals surface area contributed by atoms with Crippen LogP contribution in [0.5, 0.6) is 5.75 Å². The number of hydrogen-bond donors (Lipinski definition) is 1. The van der Waals surface area contributed by atoms with E-state index in [1.807, 2.05) is 0 Å². The Morgan fingerprint density at radius 3 is 2.63 bits per heavy atom. The minimum atomic E-state index is -4.76.